The SMILES string of the molecule is COC(=O)N1CCNC[C@@H]1C(C)C. The first-order chi connectivity index (χ1) is 6.16. The Morgan fingerprint density at radius 3 is 2.85 bits per heavy atom. The van der Waals surface area contributed by atoms with Gasteiger partial charge in [-0.05, 0) is 5.92 Å². The molecule has 1 atom stereocenters. The van der Waals surface area contributed by atoms with Crippen molar-refractivity contribution in [3.63, 3.8) is 0 Å². The van der Waals surface area contributed by atoms with Crippen LogP contribution in [0.5, 0.6) is 0 Å². The topological polar surface area (TPSA) is 41.6 Å². The highest BCUT2D eigenvalue weighted by Gasteiger charge is 2.28. The third-order valence-corrected chi connectivity index (χ3v) is 2.46. The summed E-state index contributed by atoms with van der Waals surface area (Å²) in [5.41, 5.74) is 0. The average Bonchev–Trinajstić information content (AvgIpc) is 2.16. The van der Waals surface area contributed by atoms with Crippen molar-refractivity contribution in [2.45, 2.75) is 19.9 Å². The Balaban J connectivity index is 2.61. The van der Waals surface area contributed by atoms with Gasteiger partial charge < -0.3 is 15.0 Å². The molecule has 1 rings (SSSR count). The van der Waals surface area contributed by atoms with Crippen LogP contribution in [0.3, 0.4) is 0 Å². The fourth-order valence-corrected chi connectivity index (χ4v) is 1.66. The van der Waals surface area contributed by atoms with E-state index in [0.29, 0.717) is 5.92 Å². The summed E-state index contributed by atoms with van der Waals surface area (Å²) < 4.78 is 4.73. The zero-order valence-corrected chi connectivity index (χ0v) is 8.54. The van der Waals surface area contributed by atoms with Gasteiger partial charge >= 0.3 is 6.09 Å². The molecule has 0 bridgehead atoms. The number of nitrogens with one attached hydrogen (secondary N) is 1. The average molecular weight is 186 g/mol. The molecule has 0 spiro atoms. The zero-order chi connectivity index (χ0) is 9.84. The van der Waals surface area contributed by atoms with Gasteiger partial charge in [-0.3, -0.25) is 0 Å². The van der Waals surface area contributed by atoms with Gasteiger partial charge in [-0.25, -0.2) is 4.79 Å². The Morgan fingerprint density at radius 2 is 2.31 bits per heavy atom. The van der Waals surface area contributed by atoms with Crippen LogP contribution in [-0.2, 0) is 4.74 Å². The van der Waals surface area contributed by atoms with E-state index in [4.69, 9.17) is 4.74 Å². The van der Waals surface area contributed by atoms with E-state index in [9.17, 15) is 4.79 Å². The molecule has 0 saturated carbocycles. The van der Waals surface area contributed by atoms with Crippen molar-refractivity contribution in [3.8, 4) is 0 Å². The summed E-state index contributed by atoms with van der Waals surface area (Å²) in [6.07, 6.45) is -0.208. The number of rotatable bonds is 1. The van der Waals surface area contributed by atoms with Crippen molar-refractivity contribution in [3.05, 3.63) is 0 Å². The van der Waals surface area contributed by atoms with Gasteiger partial charge in [0.05, 0.1) is 7.11 Å². The molecule has 1 aliphatic rings. The third kappa shape index (κ3) is 2.34. The molecular formula is C9H18N2O2. The fourth-order valence-electron chi connectivity index (χ4n) is 1.66. The number of nitrogens with zero attached hydrogens (tertiary/aromatic N) is 1. The number of ether oxygens (including phenoxy) is 1. The van der Waals surface area contributed by atoms with E-state index in [-0.39, 0.29) is 12.1 Å². The van der Waals surface area contributed by atoms with Crippen molar-refractivity contribution in [1.29, 1.82) is 0 Å². The minimum absolute atomic E-state index is 0.208. The second kappa shape index (κ2) is 4.46. The van der Waals surface area contributed by atoms with E-state index in [0.717, 1.165) is 19.6 Å². The molecule has 0 aliphatic carbocycles. The van der Waals surface area contributed by atoms with Crippen LogP contribution in [0.4, 0.5) is 4.79 Å². The van der Waals surface area contributed by atoms with Gasteiger partial charge in [0.15, 0.2) is 0 Å². The van der Waals surface area contributed by atoms with Crippen molar-refractivity contribution < 1.29 is 9.53 Å². The van der Waals surface area contributed by atoms with Crippen LogP contribution in [0.2, 0.25) is 0 Å². The molecule has 76 valence electrons. The molecule has 1 aliphatic heterocycles. The maximum atomic E-state index is 11.4. The Hall–Kier alpha value is -0.770. The second-order valence-corrected chi connectivity index (χ2v) is 3.68. The molecule has 1 amide bonds. The highest BCUT2D eigenvalue weighted by atomic mass is 16.5. The first kappa shape index (κ1) is 10.3. The van der Waals surface area contributed by atoms with E-state index in [2.05, 4.69) is 19.2 Å². The highest BCUT2D eigenvalue weighted by molar-refractivity contribution is 5.68. The first-order valence-electron chi connectivity index (χ1n) is 4.72. The number of hydrogen-bond acceptors (Lipinski definition) is 3. The Morgan fingerprint density at radius 1 is 1.62 bits per heavy atom. The third-order valence-electron chi connectivity index (χ3n) is 2.46. The minimum atomic E-state index is -0.208. The number of hydrogen-bond donors (Lipinski definition) is 1. The highest BCUT2D eigenvalue weighted by Crippen LogP contribution is 2.13. The molecule has 0 aromatic heterocycles. The Bertz CT molecular complexity index is 182. The summed E-state index contributed by atoms with van der Waals surface area (Å²) in [5, 5.41) is 3.28. The molecule has 4 heteroatoms. The van der Waals surface area contributed by atoms with Gasteiger partial charge in [-0.1, -0.05) is 13.8 Å². The molecule has 0 aromatic rings. The van der Waals surface area contributed by atoms with Crippen molar-refractivity contribution in [2.75, 3.05) is 26.7 Å². The van der Waals surface area contributed by atoms with Gasteiger partial charge in [0, 0.05) is 25.7 Å². The molecule has 13 heavy (non-hydrogen) atoms. The van der Waals surface area contributed by atoms with Gasteiger partial charge in [-0.2, -0.15) is 0 Å². The summed E-state index contributed by atoms with van der Waals surface area (Å²) in [4.78, 5) is 13.2. The Labute approximate surface area is 79.2 Å². The van der Waals surface area contributed by atoms with Crippen LogP contribution in [0.1, 0.15) is 13.8 Å². The van der Waals surface area contributed by atoms with Gasteiger partial charge in [0.2, 0.25) is 0 Å². The van der Waals surface area contributed by atoms with Crippen LogP contribution in [0, 0.1) is 5.92 Å². The lowest BCUT2D eigenvalue weighted by Gasteiger charge is -2.37. The largest absolute Gasteiger partial charge is 0.453 e. The van der Waals surface area contributed by atoms with Crippen molar-refractivity contribution in [2.24, 2.45) is 5.92 Å². The molecule has 1 N–H and O–H groups in total. The molecule has 4 nitrogen and oxygen atoms in total. The summed E-state index contributed by atoms with van der Waals surface area (Å²) in [6, 6.07) is 0.265. The number of carbonyl (C=O) groups is 1. The number of piperazine rings is 1. The summed E-state index contributed by atoms with van der Waals surface area (Å²) >= 11 is 0. The van der Waals surface area contributed by atoms with Crippen LogP contribution in [0.25, 0.3) is 0 Å². The maximum absolute atomic E-state index is 11.4. The van der Waals surface area contributed by atoms with E-state index in [1.54, 1.807) is 4.90 Å². The molecule has 0 aromatic carbocycles. The minimum Gasteiger partial charge on any atom is -0.453 e. The zero-order valence-electron chi connectivity index (χ0n) is 8.54. The van der Waals surface area contributed by atoms with Crippen molar-refractivity contribution >= 4 is 6.09 Å². The summed E-state index contributed by atoms with van der Waals surface area (Å²) in [5.74, 6) is 0.465. The lowest BCUT2D eigenvalue weighted by Crippen LogP contribution is -2.55. The van der Waals surface area contributed by atoms with Crippen LogP contribution in [0.15, 0.2) is 0 Å². The van der Waals surface area contributed by atoms with Gasteiger partial charge in [0.1, 0.15) is 0 Å². The van der Waals surface area contributed by atoms with Crippen LogP contribution in [-0.4, -0.2) is 43.8 Å². The molecule has 1 heterocycles. The van der Waals surface area contributed by atoms with E-state index in [1.165, 1.54) is 7.11 Å². The fraction of sp³-hybridized carbons (Fsp3) is 0.889. The number of carbonyl (C=O) groups excluding carboxylic acids is 1. The number of methoxy groups -OCH3 is 1. The molecule has 1 fully saturated rings. The maximum Gasteiger partial charge on any atom is 0.409 e. The van der Waals surface area contributed by atoms with E-state index < -0.39 is 0 Å². The number of amides is 1. The lowest BCUT2D eigenvalue weighted by atomic mass is 10.0. The smallest absolute Gasteiger partial charge is 0.409 e. The Kier molecular flexibility index (Phi) is 3.54. The standard InChI is InChI=1S/C9H18N2O2/c1-7(2)8-6-10-4-5-11(8)9(12)13-3/h7-8,10H,4-6H2,1-3H3/t8-/m1/s1. The predicted octanol–water partition coefficient (Wildman–Crippen LogP) is 0.683. The summed E-state index contributed by atoms with van der Waals surface area (Å²) in [6.45, 7) is 6.71. The van der Waals surface area contributed by atoms with Gasteiger partial charge in [-0.15, -0.1) is 0 Å². The van der Waals surface area contributed by atoms with Crippen LogP contribution < -0.4 is 5.32 Å². The molecular weight excluding hydrogens is 168 g/mol. The first-order valence-corrected chi connectivity index (χ1v) is 4.72. The van der Waals surface area contributed by atoms with E-state index in [1.807, 2.05) is 0 Å². The lowest BCUT2D eigenvalue weighted by molar-refractivity contribution is 0.0808. The predicted molar refractivity (Wildman–Crippen MR) is 50.6 cm³/mol. The van der Waals surface area contributed by atoms with Gasteiger partial charge in [0.25, 0.3) is 0 Å². The molecule has 1 saturated heterocycles. The quantitative estimate of drug-likeness (QED) is 0.655. The summed E-state index contributed by atoms with van der Waals surface area (Å²) in [7, 11) is 1.43. The van der Waals surface area contributed by atoms with Crippen molar-refractivity contribution in [1.82, 2.24) is 10.2 Å². The normalized spacial score (nSPS) is 23.4. The molecule has 0 radical (unpaired) electrons. The molecule has 0 unspecified atom stereocenters. The van der Waals surface area contributed by atoms with E-state index >= 15 is 0 Å². The van der Waals surface area contributed by atoms with Crippen LogP contribution >= 0.6 is 0 Å². The second-order valence-electron chi connectivity index (χ2n) is 3.68. The monoisotopic (exact) mass is 186 g/mol.